The number of pyridine rings is 1. The van der Waals surface area contributed by atoms with Gasteiger partial charge in [-0.1, -0.05) is 30.3 Å². The van der Waals surface area contributed by atoms with Crippen molar-refractivity contribution in [3.05, 3.63) is 77.0 Å². The number of aromatic nitrogens is 1. The number of hydrogen-bond acceptors (Lipinski definition) is 5. The molecular formula is C25H24N2O4S. The Kier molecular flexibility index (Phi) is 5.43. The van der Waals surface area contributed by atoms with Crippen LogP contribution in [0.4, 0.5) is 0 Å². The number of aryl methyl sites for hydroxylation is 1. The maximum Gasteiger partial charge on any atom is 0.233 e. The van der Waals surface area contributed by atoms with Crippen LogP contribution in [0.25, 0.3) is 11.1 Å². The molecule has 1 aliphatic carbocycles. The predicted molar refractivity (Wildman–Crippen MR) is 123 cm³/mol. The molecule has 0 bridgehead atoms. The number of fused-ring (bicyclic) bond motifs is 1. The van der Waals surface area contributed by atoms with Gasteiger partial charge in [0.05, 0.1) is 12.4 Å². The quantitative estimate of drug-likeness (QED) is 0.628. The second kappa shape index (κ2) is 8.39. The minimum Gasteiger partial charge on any atom is -0.486 e. The molecule has 1 aliphatic heterocycles. The zero-order valence-corrected chi connectivity index (χ0v) is 18.8. The van der Waals surface area contributed by atoms with Crippen LogP contribution in [0.2, 0.25) is 0 Å². The van der Waals surface area contributed by atoms with E-state index in [1.165, 1.54) is 16.7 Å². The Morgan fingerprint density at radius 3 is 2.56 bits per heavy atom. The Labute approximate surface area is 189 Å². The first-order valence-electron chi connectivity index (χ1n) is 10.6. The first-order chi connectivity index (χ1) is 15.5. The number of carbonyl (C=O) groups excluding carboxylic acids is 1. The molecule has 32 heavy (non-hydrogen) atoms. The van der Waals surface area contributed by atoms with E-state index in [1.54, 1.807) is 7.11 Å². The Hall–Kier alpha value is -3.19. The van der Waals surface area contributed by atoms with Crippen molar-refractivity contribution < 1.29 is 18.5 Å². The zero-order valence-electron chi connectivity index (χ0n) is 18.0. The van der Waals surface area contributed by atoms with Gasteiger partial charge in [0.1, 0.15) is 22.8 Å². The summed E-state index contributed by atoms with van der Waals surface area (Å²) in [7, 11) is 0.264. The number of nitrogens with zero attached hydrogens (tertiary/aromatic N) is 1. The first-order valence-corrected chi connectivity index (χ1v) is 11.9. The molecule has 2 aromatic carbocycles. The third-order valence-electron chi connectivity index (χ3n) is 6.15. The van der Waals surface area contributed by atoms with Crippen molar-refractivity contribution in [3.63, 3.8) is 0 Å². The summed E-state index contributed by atoms with van der Waals surface area (Å²) < 4.78 is 26.1. The highest BCUT2D eigenvalue weighted by Gasteiger charge is 2.31. The summed E-state index contributed by atoms with van der Waals surface area (Å²) in [5.74, 6) is 1.21. The summed E-state index contributed by atoms with van der Waals surface area (Å²) in [6.45, 7) is 2.00. The van der Waals surface area contributed by atoms with Gasteiger partial charge in [0.2, 0.25) is 11.8 Å². The molecule has 1 N–H and O–H groups in total. The minimum atomic E-state index is -1.36. The summed E-state index contributed by atoms with van der Waals surface area (Å²) in [6, 6.07) is 17.9. The van der Waals surface area contributed by atoms with E-state index in [0.29, 0.717) is 5.88 Å². The van der Waals surface area contributed by atoms with Crippen molar-refractivity contribution >= 4 is 16.9 Å². The molecule has 1 aromatic heterocycles. The van der Waals surface area contributed by atoms with Crippen LogP contribution < -0.4 is 14.2 Å². The van der Waals surface area contributed by atoms with Crippen molar-refractivity contribution in [1.29, 1.82) is 0 Å². The molecule has 5 rings (SSSR count). The topological polar surface area (TPSA) is 77.5 Å². The fourth-order valence-electron chi connectivity index (χ4n) is 4.56. The van der Waals surface area contributed by atoms with Gasteiger partial charge >= 0.3 is 0 Å². The summed E-state index contributed by atoms with van der Waals surface area (Å²) in [4.78, 5) is 16.0. The van der Waals surface area contributed by atoms with E-state index in [0.717, 1.165) is 35.4 Å². The lowest BCUT2D eigenvalue weighted by Gasteiger charge is -2.17. The van der Waals surface area contributed by atoms with Gasteiger partial charge in [0.25, 0.3) is 0 Å². The average Bonchev–Trinajstić information content (AvgIpc) is 3.36. The summed E-state index contributed by atoms with van der Waals surface area (Å²) >= 11 is 0. The van der Waals surface area contributed by atoms with Crippen LogP contribution in [0.3, 0.4) is 0 Å². The van der Waals surface area contributed by atoms with Gasteiger partial charge in [-0.15, -0.1) is 0 Å². The number of methoxy groups -OCH3 is 1. The number of rotatable bonds is 5. The number of nitrogens with one attached hydrogen (secondary N) is 1. The third kappa shape index (κ3) is 3.77. The van der Waals surface area contributed by atoms with E-state index < -0.39 is 11.0 Å². The lowest BCUT2D eigenvalue weighted by Crippen LogP contribution is -2.15. The lowest BCUT2D eigenvalue weighted by molar-refractivity contribution is -0.118. The average molecular weight is 449 g/mol. The fraction of sp³-hybridized carbons (Fsp3) is 0.280. The van der Waals surface area contributed by atoms with Crippen LogP contribution in [0.1, 0.15) is 46.6 Å². The van der Waals surface area contributed by atoms with Crippen LogP contribution in [-0.4, -0.2) is 22.2 Å². The third-order valence-corrected chi connectivity index (χ3v) is 7.53. The summed E-state index contributed by atoms with van der Waals surface area (Å²) in [6.07, 6.45) is 2.08. The molecule has 1 amide bonds. The predicted octanol–water partition coefficient (Wildman–Crippen LogP) is 4.36. The Balaban J connectivity index is 1.37. The van der Waals surface area contributed by atoms with E-state index in [9.17, 15) is 9.00 Å². The number of benzene rings is 2. The number of amides is 1. The smallest absolute Gasteiger partial charge is 0.233 e. The van der Waals surface area contributed by atoms with Gasteiger partial charge in [-0.3, -0.25) is 9.52 Å². The van der Waals surface area contributed by atoms with Crippen LogP contribution >= 0.6 is 0 Å². The van der Waals surface area contributed by atoms with E-state index in [2.05, 4.69) is 34.0 Å². The summed E-state index contributed by atoms with van der Waals surface area (Å²) in [5.41, 5.74) is 6.63. The molecular weight excluding hydrogens is 424 g/mol. The van der Waals surface area contributed by atoms with Gasteiger partial charge in [-0.25, -0.2) is 9.19 Å². The summed E-state index contributed by atoms with van der Waals surface area (Å²) in [5, 5.41) is -0.298. The van der Waals surface area contributed by atoms with Gasteiger partial charge in [0, 0.05) is 23.7 Å². The molecule has 2 unspecified atom stereocenters. The molecule has 6 nitrogen and oxygen atoms in total. The van der Waals surface area contributed by atoms with Crippen molar-refractivity contribution in [2.45, 2.75) is 37.5 Å². The molecule has 0 radical (unpaired) electrons. The highest BCUT2D eigenvalue weighted by Crippen LogP contribution is 2.41. The van der Waals surface area contributed by atoms with Crippen molar-refractivity contribution in [3.8, 4) is 22.8 Å². The van der Waals surface area contributed by atoms with Gasteiger partial charge in [-0.2, -0.15) is 0 Å². The molecule has 0 saturated carbocycles. The molecule has 7 heteroatoms. The highest BCUT2D eigenvalue weighted by molar-refractivity contribution is 7.84. The number of ether oxygens (including phenoxy) is 2. The number of hydrogen-bond donors (Lipinski definition) is 1. The normalized spacial score (nSPS) is 21.8. The zero-order chi connectivity index (χ0) is 22.2. The first kappa shape index (κ1) is 20.7. The fourth-order valence-corrected chi connectivity index (χ4v) is 5.72. The lowest BCUT2D eigenvalue weighted by atomic mass is 9.96. The minimum absolute atomic E-state index is 0.0221. The maximum atomic E-state index is 12.0. The monoisotopic (exact) mass is 448 g/mol. The largest absolute Gasteiger partial charge is 0.486 e. The van der Waals surface area contributed by atoms with E-state index in [4.69, 9.17) is 9.47 Å². The molecule has 1 fully saturated rings. The van der Waals surface area contributed by atoms with Crippen LogP contribution in [0.5, 0.6) is 11.6 Å². The molecule has 1 saturated heterocycles. The molecule has 164 valence electrons. The molecule has 2 heterocycles. The van der Waals surface area contributed by atoms with Gasteiger partial charge in [0.15, 0.2) is 0 Å². The SMILES string of the molecule is COc1ccc(-c2cccc3c2CC[C@H]3Oc2ccc(C3CC(=O)NS3=O)cc2)c(C)n1. The second-order valence-electron chi connectivity index (χ2n) is 8.09. The van der Waals surface area contributed by atoms with E-state index in [-0.39, 0.29) is 23.7 Å². The highest BCUT2D eigenvalue weighted by atomic mass is 32.2. The van der Waals surface area contributed by atoms with Gasteiger partial charge in [-0.05, 0) is 60.2 Å². The Morgan fingerprint density at radius 2 is 1.88 bits per heavy atom. The Morgan fingerprint density at radius 1 is 1.06 bits per heavy atom. The van der Waals surface area contributed by atoms with Crippen LogP contribution in [0.15, 0.2) is 54.6 Å². The molecule has 0 spiro atoms. The standard InChI is InChI=1S/C25H24N2O4S/c1-15-18(11-13-25(26-15)30-2)19-4-3-5-21-20(19)10-12-22(21)31-17-8-6-16(7-9-17)23-14-24(28)27-32(23)29/h3-9,11,13,22-23H,10,12,14H2,1-2H3,(H,27,28)/t22-,23?,32?/m1/s1. The second-order valence-corrected chi connectivity index (χ2v) is 9.46. The molecule has 3 aromatic rings. The van der Waals surface area contributed by atoms with Crippen molar-refractivity contribution in [2.75, 3.05) is 7.11 Å². The van der Waals surface area contributed by atoms with E-state index >= 15 is 0 Å². The van der Waals surface area contributed by atoms with Crippen molar-refractivity contribution in [1.82, 2.24) is 9.71 Å². The van der Waals surface area contributed by atoms with E-state index in [1.807, 2.05) is 37.3 Å². The molecule has 2 aliphatic rings. The van der Waals surface area contributed by atoms with Crippen molar-refractivity contribution in [2.24, 2.45) is 0 Å². The van der Waals surface area contributed by atoms with Crippen LogP contribution in [-0.2, 0) is 22.2 Å². The van der Waals surface area contributed by atoms with Gasteiger partial charge < -0.3 is 9.47 Å². The number of carbonyl (C=O) groups is 1. The Bertz CT molecular complexity index is 1210. The van der Waals surface area contributed by atoms with Crippen LogP contribution in [0, 0.1) is 6.92 Å². The molecule has 3 atom stereocenters. The maximum absolute atomic E-state index is 12.0.